The average Bonchev–Trinajstić information content (AvgIpc) is 2.66. The van der Waals surface area contributed by atoms with Crippen LogP contribution in [0.2, 0.25) is 5.02 Å². The molecule has 0 bridgehead atoms. The zero-order chi connectivity index (χ0) is 20.3. The molecule has 0 spiro atoms. The van der Waals surface area contributed by atoms with Crippen molar-refractivity contribution in [2.75, 3.05) is 48.2 Å². The SMILES string of the molecule is CS(=O)(=O)N(CC(=O)N1CCN(c2ccccc2F)CC1)c1ccccc1Cl. The molecule has 0 aliphatic carbocycles. The number of hydrogen-bond donors (Lipinski definition) is 0. The molecule has 0 N–H and O–H groups in total. The molecule has 0 saturated carbocycles. The second-order valence-corrected chi connectivity index (χ2v) is 8.85. The zero-order valence-electron chi connectivity index (χ0n) is 15.4. The fourth-order valence-corrected chi connectivity index (χ4v) is 4.31. The number of sulfonamides is 1. The molecule has 2 aromatic rings. The largest absolute Gasteiger partial charge is 0.366 e. The highest BCUT2D eigenvalue weighted by molar-refractivity contribution is 7.92. The number of para-hydroxylation sites is 2. The normalized spacial score (nSPS) is 14.8. The highest BCUT2D eigenvalue weighted by atomic mass is 35.5. The summed E-state index contributed by atoms with van der Waals surface area (Å²) in [6.07, 6.45) is 1.04. The van der Waals surface area contributed by atoms with Gasteiger partial charge >= 0.3 is 0 Å². The summed E-state index contributed by atoms with van der Waals surface area (Å²) in [5.41, 5.74) is 0.772. The Morgan fingerprint density at radius 1 is 1.07 bits per heavy atom. The Morgan fingerprint density at radius 2 is 1.68 bits per heavy atom. The van der Waals surface area contributed by atoms with Crippen LogP contribution >= 0.6 is 11.6 Å². The molecule has 6 nitrogen and oxygen atoms in total. The van der Waals surface area contributed by atoms with Crippen LogP contribution in [-0.4, -0.2) is 58.2 Å². The van der Waals surface area contributed by atoms with Crippen molar-refractivity contribution in [3.63, 3.8) is 0 Å². The molecule has 3 rings (SSSR count). The smallest absolute Gasteiger partial charge is 0.243 e. The zero-order valence-corrected chi connectivity index (χ0v) is 17.0. The second-order valence-electron chi connectivity index (χ2n) is 6.54. The van der Waals surface area contributed by atoms with Gasteiger partial charge in [-0.25, -0.2) is 12.8 Å². The van der Waals surface area contributed by atoms with Crippen molar-refractivity contribution >= 4 is 38.9 Å². The lowest BCUT2D eigenvalue weighted by Crippen LogP contribution is -2.52. The maximum absolute atomic E-state index is 14.0. The fourth-order valence-electron chi connectivity index (χ4n) is 3.16. The molecule has 2 aromatic carbocycles. The quantitative estimate of drug-likeness (QED) is 0.738. The van der Waals surface area contributed by atoms with E-state index in [1.165, 1.54) is 6.07 Å². The molecule has 1 aliphatic rings. The van der Waals surface area contributed by atoms with E-state index in [1.54, 1.807) is 47.4 Å². The number of halogens is 2. The van der Waals surface area contributed by atoms with Gasteiger partial charge in [0.1, 0.15) is 12.4 Å². The van der Waals surface area contributed by atoms with Gasteiger partial charge in [-0.2, -0.15) is 0 Å². The third-order valence-electron chi connectivity index (χ3n) is 4.63. The molecule has 150 valence electrons. The van der Waals surface area contributed by atoms with Crippen molar-refractivity contribution in [2.45, 2.75) is 0 Å². The molecule has 0 unspecified atom stereocenters. The molecule has 0 aromatic heterocycles. The van der Waals surface area contributed by atoms with E-state index in [0.29, 0.717) is 31.9 Å². The second kappa shape index (κ2) is 8.36. The topological polar surface area (TPSA) is 60.9 Å². The first-order valence-corrected chi connectivity index (χ1v) is 11.0. The summed E-state index contributed by atoms with van der Waals surface area (Å²) in [5, 5.41) is 0.255. The molecule has 0 atom stereocenters. The average molecular weight is 426 g/mol. The Morgan fingerprint density at radius 3 is 2.29 bits per heavy atom. The Bertz CT molecular complexity index is 962. The van der Waals surface area contributed by atoms with E-state index in [-0.39, 0.29) is 29.0 Å². The van der Waals surface area contributed by atoms with Crippen LogP contribution in [0.5, 0.6) is 0 Å². The molecule has 1 saturated heterocycles. The van der Waals surface area contributed by atoms with Gasteiger partial charge in [-0.05, 0) is 24.3 Å². The van der Waals surface area contributed by atoms with Gasteiger partial charge in [0.25, 0.3) is 0 Å². The van der Waals surface area contributed by atoms with Crippen molar-refractivity contribution in [3.8, 4) is 0 Å². The van der Waals surface area contributed by atoms with Crippen LogP contribution in [-0.2, 0) is 14.8 Å². The molecule has 1 aliphatic heterocycles. The number of anilines is 2. The minimum absolute atomic E-state index is 0.255. The van der Waals surface area contributed by atoms with Crippen LogP contribution in [0, 0.1) is 5.82 Å². The van der Waals surface area contributed by atoms with Crippen LogP contribution in [0.1, 0.15) is 0 Å². The number of piperazine rings is 1. The number of nitrogens with zero attached hydrogens (tertiary/aromatic N) is 3. The van der Waals surface area contributed by atoms with Crippen LogP contribution in [0.15, 0.2) is 48.5 Å². The first kappa shape index (κ1) is 20.4. The molecular formula is C19H21ClFN3O3S. The molecular weight excluding hydrogens is 405 g/mol. The van der Waals surface area contributed by atoms with Crippen molar-refractivity contribution in [3.05, 3.63) is 59.4 Å². The van der Waals surface area contributed by atoms with E-state index in [9.17, 15) is 17.6 Å². The van der Waals surface area contributed by atoms with Crippen LogP contribution in [0.3, 0.4) is 0 Å². The number of hydrogen-bond acceptors (Lipinski definition) is 4. The summed E-state index contributed by atoms with van der Waals surface area (Å²) < 4.78 is 39.4. The lowest BCUT2D eigenvalue weighted by Gasteiger charge is -2.37. The maximum Gasteiger partial charge on any atom is 0.243 e. The molecule has 1 fully saturated rings. The van der Waals surface area contributed by atoms with Gasteiger partial charge in [0.05, 0.1) is 22.7 Å². The highest BCUT2D eigenvalue weighted by Crippen LogP contribution is 2.27. The summed E-state index contributed by atoms with van der Waals surface area (Å²) >= 11 is 6.12. The predicted octanol–water partition coefficient (Wildman–Crippen LogP) is 2.59. The molecule has 28 heavy (non-hydrogen) atoms. The number of benzene rings is 2. The number of carbonyl (C=O) groups is 1. The van der Waals surface area contributed by atoms with Crippen LogP contribution < -0.4 is 9.21 Å². The number of carbonyl (C=O) groups excluding carboxylic acids is 1. The first-order chi connectivity index (χ1) is 13.3. The standard InChI is InChI=1S/C19H21ClFN3O3S/c1-28(26,27)24(17-8-4-2-6-15(17)20)14-19(25)23-12-10-22(11-13-23)18-9-5-3-7-16(18)21/h2-9H,10-14H2,1H3. The Balaban J connectivity index is 1.69. The monoisotopic (exact) mass is 425 g/mol. The van der Waals surface area contributed by atoms with Gasteiger partial charge in [0.15, 0.2) is 0 Å². The third-order valence-corrected chi connectivity index (χ3v) is 6.07. The minimum atomic E-state index is -3.69. The van der Waals surface area contributed by atoms with E-state index >= 15 is 0 Å². The van der Waals surface area contributed by atoms with Crippen molar-refractivity contribution in [1.82, 2.24) is 4.90 Å². The lowest BCUT2D eigenvalue weighted by atomic mass is 10.2. The van der Waals surface area contributed by atoms with Gasteiger partial charge in [-0.1, -0.05) is 35.9 Å². The van der Waals surface area contributed by atoms with E-state index in [0.717, 1.165) is 10.6 Å². The van der Waals surface area contributed by atoms with Gasteiger partial charge < -0.3 is 9.80 Å². The Kier molecular flexibility index (Phi) is 6.10. The van der Waals surface area contributed by atoms with Gasteiger partial charge in [-0.15, -0.1) is 0 Å². The van der Waals surface area contributed by atoms with E-state index in [4.69, 9.17) is 11.6 Å². The Hall–Kier alpha value is -2.32. The van der Waals surface area contributed by atoms with Crippen molar-refractivity contribution < 1.29 is 17.6 Å². The first-order valence-electron chi connectivity index (χ1n) is 8.77. The molecule has 9 heteroatoms. The fraction of sp³-hybridized carbons (Fsp3) is 0.316. The van der Waals surface area contributed by atoms with Crippen LogP contribution in [0.4, 0.5) is 15.8 Å². The van der Waals surface area contributed by atoms with Crippen molar-refractivity contribution in [2.24, 2.45) is 0 Å². The number of rotatable bonds is 5. The van der Waals surface area contributed by atoms with E-state index in [2.05, 4.69) is 0 Å². The van der Waals surface area contributed by atoms with Crippen molar-refractivity contribution in [1.29, 1.82) is 0 Å². The summed E-state index contributed by atoms with van der Waals surface area (Å²) in [6.45, 7) is 1.37. The van der Waals surface area contributed by atoms with E-state index in [1.807, 2.05) is 4.90 Å². The summed E-state index contributed by atoms with van der Waals surface area (Å²) in [4.78, 5) is 16.2. The minimum Gasteiger partial charge on any atom is -0.366 e. The summed E-state index contributed by atoms with van der Waals surface area (Å²) in [7, 11) is -3.69. The van der Waals surface area contributed by atoms with Gasteiger partial charge in [-0.3, -0.25) is 9.10 Å². The lowest BCUT2D eigenvalue weighted by molar-refractivity contribution is -0.129. The summed E-state index contributed by atoms with van der Waals surface area (Å²) in [5.74, 6) is -0.622. The van der Waals surface area contributed by atoms with E-state index < -0.39 is 10.0 Å². The van der Waals surface area contributed by atoms with Crippen LogP contribution in [0.25, 0.3) is 0 Å². The third kappa shape index (κ3) is 4.56. The predicted molar refractivity (Wildman–Crippen MR) is 109 cm³/mol. The Labute approximate surface area is 169 Å². The molecule has 1 amide bonds. The summed E-state index contributed by atoms with van der Waals surface area (Å²) in [6, 6.07) is 13.0. The van der Waals surface area contributed by atoms with Gasteiger partial charge in [0.2, 0.25) is 15.9 Å². The number of amides is 1. The van der Waals surface area contributed by atoms with Gasteiger partial charge in [0, 0.05) is 26.2 Å². The molecule has 1 heterocycles. The highest BCUT2D eigenvalue weighted by Gasteiger charge is 2.28. The molecule has 0 radical (unpaired) electrons. The maximum atomic E-state index is 14.0.